The number of phenols is 1. The van der Waals surface area contributed by atoms with E-state index in [-0.39, 0.29) is 136 Å². The number of aromatic nitrogens is 6. The molecule has 0 fully saturated rings. The van der Waals surface area contributed by atoms with Gasteiger partial charge in [-0.05, 0) is 105 Å². The van der Waals surface area contributed by atoms with Gasteiger partial charge in [-0.1, -0.05) is 144 Å². The molecule has 106 heavy (non-hydrogen) atoms. The van der Waals surface area contributed by atoms with E-state index >= 15 is 0 Å². The van der Waals surface area contributed by atoms with Crippen molar-refractivity contribution >= 4 is 17.3 Å². The smallest absolute Gasteiger partial charge is 0.155 e. The van der Waals surface area contributed by atoms with E-state index in [2.05, 4.69) is 73.2 Å². The van der Waals surface area contributed by atoms with E-state index in [1.54, 1.807) is 55.4 Å². The second-order valence-electron chi connectivity index (χ2n) is 22.0. The zero-order chi connectivity index (χ0) is 72.7. The quantitative estimate of drug-likeness (QED) is 0.0672. The Morgan fingerprint density at radius 2 is 0.858 bits per heavy atom. The van der Waals surface area contributed by atoms with Crippen molar-refractivity contribution in [1.29, 1.82) is 0 Å². The van der Waals surface area contributed by atoms with Gasteiger partial charge in [0, 0.05) is 205 Å². The van der Waals surface area contributed by atoms with E-state index in [1.807, 2.05) is 220 Å². The molecule has 13 rings (SSSR count). The summed E-state index contributed by atoms with van der Waals surface area (Å²) >= 11 is 0. The largest absolute Gasteiger partial charge is 0.512 e. The zero-order valence-corrected chi connectivity index (χ0v) is 70.6. The van der Waals surface area contributed by atoms with E-state index in [9.17, 15) is 27.9 Å². The summed E-state index contributed by atoms with van der Waals surface area (Å²) in [5.74, 6) is -1.36. The summed E-state index contributed by atoms with van der Waals surface area (Å²) in [6.07, 6.45) is 12.8. The summed E-state index contributed by atoms with van der Waals surface area (Å²) < 4.78 is 38.8. The molecule has 6 heterocycles. The van der Waals surface area contributed by atoms with Gasteiger partial charge in [-0.25, -0.2) is 0 Å². The molecule has 12 nitrogen and oxygen atoms in total. The summed E-state index contributed by atoms with van der Waals surface area (Å²) in [7, 11) is 3.93. The number of benzene rings is 7. The summed E-state index contributed by atoms with van der Waals surface area (Å²) in [5, 5.41) is 26.3. The van der Waals surface area contributed by atoms with Crippen molar-refractivity contribution in [3.05, 3.63) is 362 Å². The molecule has 0 saturated carbocycles. The van der Waals surface area contributed by atoms with Crippen molar-refractivity contribution in [2.45, 2.75) is 41.5 Å². The number of rotatable bonds is 10. The molecule has 0 aliphatic carbocycles. The van der Waals surface area contributed by atoms with Crippen LogP contribution in [0.5, 0.6) is 5.75 Å². The standard InChI is InChI=1S/C16H11N2.C13H12FN2.C12H8F2N.C12H10N.C12H10O.C11H8N.2C5H8O2.4Ir.Pt/c1-3-10-17-15(8-1)13-6-5-7-14(12-13)16-9-2-4-11-18-16;1-16(2)12-7-8-15-13(9-12)10-3-5-11(14)6-4-10;1-8-4-5-15-12(6-8)10-3-2-9(13)7-11(10)14;1-10-5-4-6-11(9-10)12-7-2-3-8-13-12;13-12-9-5-4-8-11(12)10-6-2-1-3-7-10;1-2-6-10(7-3-1)11-8-4-5-9-12-11;2*1-4(6)3-5(2)7;;;;;/h1-11H;3,5-9H,1-2H3;2,4-7H,1H3;2-5,7-9H,1H3;1-9,13H;1-6,8-9H;2*3,6H,1-2H3;;;;;/q4*-1;;-1;;;;;;;. The number of halogens is 3. The van der Waals surface area contributed by atoms with Crippen LogP contribution in [0.1, 0.15) is 38.8 Å². The van der Waals surface area contributed by atoms with E-state index in [4.69, 9.17) is 10.2 Å². The fraction of sp³-hybridized carbons (Fsp3) is 0.0930. The van der Waals surface area contributed by atoms with Gasteiger partial charge in [-0.15, -0.1) is 138 Å². The summed E-state index contributed by atoms with van der Waals surface area (Å²) in [5.41, 5.74) is 15.3. The van der Waals surface area contributed by atoms with Gasteiger partial charge in [0.15, 0.2) is 11.6 Å². The van der Waals surface area contributed by atoms with Gasteiger partial charge in [-0.3, -0.25) is 32.7 Å². The van der Waals surface area contributed by atoms with Crippen molar-refractivity contribution in [2.24, 2.45) is 0 Å². The number of aryl methyl sites for hydroxylation is 2. The van der Waals surface area contributed by atoms with E-state index < -0.39 is 11.6 Å². The minimum absolute atomic E-state index is 0. The van der Waals surface area contributed by atoms with Crippen LogP contribution in [0.25, 0.3) is 78.7 Å². The molecule has 0 aliphatic heterocycles. The van der Waals surface area contributed by atoms with Crippen molar-refractivity contribution in [3.63, 3.8) is 0 Å². The predicted molar refractivity (Wildman–Crippen MR) is 397 cm³/mol. The number of hydrogen-bond acceptors (Lipinski definition) is 12. The topological polar surface area (TPSA) is 175 Å². The monoisotopic (exact) mass is 2310 g/mol. The van der Waals surface area contributed by atoms with Gasteiger partial charge < -0.3 is 40.2 Å². The molecule has 6 aromatic heterocycles. The minimum atomic E-state index is -0.645. The number of allylic oxidation sites excluding steroid dienone is 4. The van der Waals surface area contributed by atoms with E-state index in [0.717, 1.165) is 90.8 Å². The van der Waals surface area contributed by atoms with Gasteiger partial charge in [-0.2, -0.15) is 0 Å². The number of ketones is 2. The Morgan fingerprint density at radius 1 is 0.406 bits per heavy atom. The molecule has 0 atom stereocenters. The predicted octanol–water partition coefficient (Wildman–Crippen LogP) is 20.0. The third kappa shape index (κ3) is 35.5. The van der Waals surface area contributed by atoms with Crippen molar-refractivity contribution in [2.75, 3.05) is 19.0 Å². The molecule has 0 spiro atoms. The number of carbonyl (C=O) groups is 2. The van der Waals surface area contributed by atoms with Crippen LogP contribution in [0.2, 0.25) is 0 Å². The average Bonchev–Trinajstić information content (AvgIpc) is 0.893. The fourth-order valence-electron chi connectivity index (χ4n) is 8.78. The van der Waals surface area contributed by atoms with Crippen LogP contribution in [0.4, 0.5) is 18.9 Å². The molecule has 3 N–H and O–H groups in total. The van der Waals surface area contributed by atoms with Crippen LogP contribution < -0.4 is 4.90 Å². The second kappa shape index (κ2) is 52.5. The number of phenolic OH excluding ortho intramolecular Hbond substituents is 1. The second-order valence-corrected chi connectivity index (χ2v) is 22.0. The average molecular weight is 2310 g/mol. The third-order valence-electron chi connectivity index (χ3n) is 13.4. The Bertz CT molecular complexity index is 4580. The Hall–Kier alpha value is -9.46. The number of hydrogen-bond donors (Lipinski definition) is 3. The number of aromatic hydroxyl groups is 1. The first-order chi connectivity index (χ1) is 48.7. The molecule has 556 valence electrons. The number of aliphatic hydroxyl groups is 2. The molecule has 0 bridgehead atoms. The molecule has 20 heteroatoms. The van der Waals surface area contributed by atoms with Crippen LogP contribution in [0, 0.1) is 61.6 Å². The maximum Gasteiger partial charge on any atom is 0.155 e. The maximum absolute atomic E-state index is 13.4. The Kier molecular flexibility index (Phi) is 46.8. The Morgan fingerprint density at radius 3 is 1.31 bits per heavy atom. The van der Waals surface area contributed by atoms with Gasteiger partial charge in [0.2, 0.25) is 0 Å². The minimum Gasteiger partial charge on any atom is -0.512 e. The molecule has 13 aromatic rings. The van der Waals surface area contributed by atoms with Crippen LogP contribution in [-0.4, -0.2) is 70.9 Å². The number of anilines is 1. The number of carbonyl (C=O) groups excluding carboxylic acids is 2. The number of aliphatic hydroxyl groups excluding tert-OH is 2. The Labute approximate surface area is 687 Å². The molecule has 0 amide bonds. The van der Waals surface area contributed by atoms with Gasteiger partial charge >= 0.3 is 0 Å². The van der Waals surface area contributed by atoms with Gasteiger partial charge in [0.25, 0.3) is 0 Å². The Balaban J connectivity index is 0.000000611. The van der Waals surface area contributed by atoms with Gasteiger partial charge in [0.05, 0.1) is 11.5 Å². The fourth-order valence-corrected chi connectivity index (χ4v) is 8.78. The number of para-hydroxylation sites is 1. The first kappa shape index (κ1) is 94.5. The van der Waals surface area contributed by atoms with Crippen LogP contribution in [0.3, 0.4) is 0 Å². The first-order valence-corrected chi connectivity index (χ1v) is 31.6. The van der Waals surface area contributed by atoms with E-state index in [1.165, 1.54) is 57.5 Å². The summed E-state index contributed by atoms with van der Waals surface area (Å²) in [4.78, 5) is 47.4. The molecular weight excluding hydrogens is 2230 g/mol. The summed E-state index contributed by atoms with van der Waals surface area (Å²) in [6, 6.07) is 89.4. The van der Waals surface area contributed by atoms with E-state index in [0.29, 0.717) is 11.4 Å². The molecule has 0 saturated heterocycles. The van der Waals surface area contributed by atoms with Crippen molar-refractivity contribution < 1.29 is 140 Å². The van der Waals surface area contributed by atoms with Crippen molar-refractivity contribution in [3.8, 4) is 84.4 Å². The van der Waals surface area contributed by atoms with Crippen LogP contribution >= 0.6 is 0 Å². The molecule has 7 aromatic carbocycles. The van der Waals surface area contributed by atoms with Crippen LogP contribution in [-0.2, 0) is 111 Å². The number of pyridine rings is 6. The molecular formula is C86H75F3Ir4N7O5Pt-5. The third-order valence-corrected chi connectivity index (χ3v) is 13.4. The molecule has 0 aliphatic rings. The number of nitrogens with zero attached hydrogens (tertiary/aromatic N) is 7. The molecule has 4 radical (unpaired) electrons. The zero-order valence-electron chi connectivity index (χ0n) is 58.8. The normalized spacial score (nSPS) is 9.76. The summed E-state index contributed by atoms with van der Waals surface area (Å²) in [6.45, 7) is 9.65. The van der Waals surface area contributed by atoms with Crippen LogP contribution in [0.15, 0.2) is 304 Å². The van der Waals surface area contributed by atoms with Crippen molar-refractivity contribution in [1.82, 2.24) is 29.9 Å². The first-order valence-electron chi connectivity index (χ1n) is 31.6. The molecule has 0 unspecified atom stereocenters. The SMILES string of the molecule is CC(=O)C=C(C)O.CC(=O)C=C(C)O.CN(C)c1ccnc(-c2[c-]cc(F)cc2)c1.Cc1cc[c-]c(-c2ccccn2)c1.Cc1ccnc(-c2[c-]cc(F)cc2F)c1.Oc1ccccc1-c1ccccc1.[Ir].[Ir].[Ir].[Ir].[Pt].[c-]1c(-c2ccccn2)cccc1-c1ccccn1.[c-]1ccccc1-c1ccccn1. The maximum atomic E-state index is 13.4. The van der Waals surface area contributed by atoms with Gasteiger partial charge in [0.1, 0.15) is 5.75 Å².